The van der Waals surface area contributed by atoms with E-state index in [-0.39, 0.29) is 30.7 Å². The number of nitriles is 1. The van der Waals surface area contributed by atoms with Gasteiger partial charge >= 0.3 is 11.9 Å². The van der Waals surface area contributed by atoms with Gasteiger partial charge in [0.2, 0.25) is 0 Å². The molecule has 0 aromatic carbocycles. The smallest absolute Gasteiger partial charge is 0.322 e. The summed E-state index contributed by atoms with van der Waals surface area (Å²) in [4.78, 5) is 29.8. The van der Waals surface area contributed by atoms with Crippen molar-refractivity contribution in [2.24, 2.45) is 35.5 Å². The van der Waals surface area contributed by atoms with Gasteiger partial charge in [-0.25, -0.2) is 0 Å². The van der Waals surface area contributed by atoms with E-state index in [1.165, 1.54) is 32.2 Å². The summed E-state index contributed by atoms with van der Waals surface area (Å²) in [5.41, 5.74) is -1.50. The molecule has 1 aliphatic carbocycles. The van der Waals surface area contributed by atoms with E-state index in [1.54, 1.807) is 26.0 Å². The van der Waals surface area contributed by atoms with E-state index in [0.29, 0.717) is 41.7 Å². The van der Waals surface area contributed by atoms with Gasteiger partial charge in [-0.15, -0.1) is 5.06 Å². The monoisotopic (exact) mass is 824 g/mol. The highest BCUT2D eigenvalue weighted by molar-refractivity contribution is 5.76. The molecule has 328 valence electrons. The summed E-state index contributed by atoms with van der Waals surface area (Å²) in [5.74, 6) is -3.19. The second kappa shape index (κ2) is 18.8. The van der Waals surface area contributed by atoms with Gasteiger partial charge in [-0.1, -0.05) is 83.1 Å². The number of fused-ring (bicyclic) bond motifs is 1. The molecule has 5 aliphatic rings. The maximum Gasteiger partial charge on any atom is 0.322 e. The lowest BCUT2D eigenvalue weighted by molar-refractivity contribution is -0.292. The Morgan fingerprint density at radius 3 is 2.51 bits per heavy atom. The zero-order valence-electron chi connectivity index (χ0n) is 36.8. The number of allylic oxidation sites excluding steroid dienone is 3. The van der Waals surface area contributed by atoms with Gasteiger partial charge < -0.3 is 43.8 Å². The fraction of sp³-hybridized carbons (Fsp3) is 0.717. The molecule has 0 aromatic rings. The molecule has 3 saturated heterocycles. The Morgan fingerprint density at radius 1 is 1.17 bits per heavy atom. The third-order valence-electron chi connectivity index (χ3n) is 13.8. The van der Waals surface area contributed by atoms with E-state index in [0.717, 1.165) is 24.8 Å². The number of methoxy groups -OCH3 is 1. The number of likely N-dealkylation sites (N-methyl/N-ethyl adjacent to an activating group) is 1. The van der Waals surface area contributed by atoms with Gasteiger partial charge in [-0.05, 0) is 68.6 Å². The Kier molecular flexibility index (Phi) is 15.0. The summed E-state index contributed by atoms with van der Waals surface area (Å²) in [5, 5.41) is 44.6. The summed E-state index contributed by atoms with van der Waals surface area (Å²) >= 11 is 0. The highest BCUT2D eigenvalue weighted by atomic mass is 16.7. The molecule has 0 bridgehead atoms. The number of nitrogens with zero attached hydrogens (tertiary/aromatic N) is 2. The molecule has 16 atom stereocenters. The van der Waals surface area contributed by atoms with Gasteiger partial charge in [0, 0.05) is 45.8 Å². The van der Waals surface area contributed by atoms with Crippen molar-refractivity contribution < 1.29 is 53.4 Å². The molecule has 0 saturated carbocycles. The van der Waals surface area contributed by atoms with Crippen molar-refractivity contribution in [3.63, 3.8) is 0 Å². The Labute approximate surface area is 350 Å². The maximum absolute atomic E-state index is 12.3. The number of hydrogen-bond donors (Lipinski definition) is 3. The van der Waals surface area contributed by atoms with Crippen LogP contribution in [-0.2, 0) is 38.1 Å². The van der Waals surface area contributed by atoms with Gasteiger partial charge in [0.1, 0.15) is 23.7 Å². The van der Waals surface area contributed by atoms with Crippen molar-refractivity contribution >= 4 is 11.9 Å². The summed E-state index contributed by atoms with van der Waals surface area (Å²) in [6.45, 7) is 17.7. The lowest BCUT2D eigenvalue weighted by Crippen LogP contribution is -2.67. The van der Waals surface area contributed by atoms with Gasteiger partial charge in [0.15, 0.2) is 11.3 Å². The van der Waals surface area contributed by atoms with E-state index < -0.39 is 65.3 Å². The summed E-state index contributed by atoms with van der Waals surface area (Å²) in [7, 11) is 3.08. The maximum atomic E-state index is 12.3. The van der Waals surface area contributed by atoms with Crippen molar-refractivity contribution in [2.45, 2.75) is 154 Å². The average molecular weight is 825 g/mol. The molecule has 0 aromatic heterocycles. The molecular weight excluding hydrogens is 757 g/mol. The first kappa shape index (κ1) is 46.9. The van der Waals surface area contributed by atoms with Crippen molar-refractivity contribution in [2.75, 3.05) is 20.8 Å². The number of aliphatic hydroxyl groups is 2. The number of aliphatic hydroxyl groups excluding tert-OH is 1. The molecule has 13 heteroatoms. The highest BCUT2D eigenvalue weighted by Gasteiger charge is 2.59. The number of aliphatic carboxylic acids is 1. The molecule has 13 nitrogen and oxygen atoms in total. The lowest BCUT2D eigenvalue weighted by atomic mass is 9.71. The van der Waals surface area contributed by atoms with Crippen molar-refractivity contribution in [1.82, 2.24) is 5.06 Å². The molecule has 3 N–H and O–H groups in total. The van der Waals surface area contributed by atoms with Crippen molar-refractivity contribution in [3.8, 4) is 6.07 Å². The second-order valence-corrected chi connectivity index (χ2v) is 18.0. The van der Waals surface area contributed by atoms with E-state index >= 15 is 0 Å². The van der Waals surface area contributed by atoms with Crippen LogP contribution in [0.25, 0.3) is 0 Å². The number of carboxylic acids is 1. The Hall–Kier alpha value is -3.19. The molecule has 3 unspecified atom stereocenters. The standard InChI is InChI=1S/C46H68N2O11/c1-12-27(3)41-30(6)18-19-44(58-41)23-26(2)20-35(57-44)17-16-29(5)39(37-22-38(54-11)45(25-47,32(8)56-37)48(10)59-33(9)49)28(4)14-13-15-34-24-55-42-40(50)31(7)21-36(43(51)52)46(34,42)53/h13-16,18-19,21,26-28,30,32,35-42,50,53H,12,17,20,22-24H2,1-11H3,(H,51,52)/b14-13+,29-16+,34-15+/t26-,27?,28-,30-,32-,35+,36-,37?,38-,39-,40+,41+,42?,44+,45+,46+/m0/s1. The van der Waals surface area contributed by atoms with Crippen LogP contribution < -0.4 is 0 Å². The van der Waals surface area contributed by atoms with Crippen LogP contribution in [0.5, 0.6) is 0 Å². The Bertz CT molecular complexity index is 1730. The van der Waals surface area contributed by atoms with E-state index in [1.807, 2.05) is 6.08 Å². The predicted molar refractivity (Wildman–Crippen MR) is 220 cm³/mol. The SMILES string of the molecule is CCC(C)[C@H]1O[C@]2(C=C[C@@H]1C)C[C@@H](C)C[C@@H](C/C=C(\C)[C@@H](C1C[C@H](OC)[C@](C#N)(N(C)OC(C)=O)[C@H](C)O1)[C@@H](C)/C=C/C=C1\COC3[C@H](O)C(C)=C[C@@H](C(=O)O)[C@]13O)O2. The third-order valence-corrected chi connectivity index (χ3v) is 13.8. The summed E-state index contributed by atoms with van der Waals surface area (Å²) in [6, 6.07) is 2.35. The van der Waals surface area contributed by atoms with Crippen LogP contribution in [0, 0.1) is 46.8 Å². The molecular formula is C46H68N2O11. The van der Waals surface area contributed by atoms with Gasteiger partial charge in [-0.3, -0.25) is 9.59 Å². The van der Waals surface area contributed by atoms with Gasteiger partial charge in [-0.2, -0.15) is 5.26 Å². The number of rotatable bonds is 13. The first-order chi connectivity index (χ1) is 27.8. The van der Waals surface area contributed by atoms with E-state index in [9.17, 15) is 30.2 Å². The van der Waals surface area contributed by atoms with Crippen LogP contribution in [0.4, 0.5) is 0 Å². The number of carbonyl (C=O) groups is 2. The molecule has 4 heterocycles. The van der Waals surface area contributed by atoms with Crippen LogP contribution in [-0.4, -0.2) is 113 Å². The molecule has 59 heavy (non-hydrogen) atoms. The molecule has 0 amide bonds. The number of hydroxylamine groups is 2. The normalized spacial score (nSPS) is 41.1. The fourth-order valence-corrected chi connectivity index (χ4v) is 10.4. The van der Waals surface area contributed by atoms with Crippen molar-refractivity contribution in [1.29, 1.82) is 5.26 Å². The summed E-state index contributed by atoms with van der Waals surface area (Å²) < 4.78 is 32.3. The number of carboxylic acid groups (broad SMARTS) is 1. The predicted octanol–water partition coefficient (Wildman–Crippen LogP) is 6.22. The molecule has 1 spiro atoms. The lowest BCUT2D eigenvalue weighted by Gasteiger charge is -2.50. The van der Waals surface area contributed by atoms with Crippen LogP contribution in [0.1, 0.15) is 94.4 Å². The zero-order chi connectivity index (χ0) is 43.6. The zero-order valence-corrected chi connectivity index (χ0v) is 36.8. The fourth-order valence-electron chi connectivity index (χ4n) is 10.4. The van der Waals surface area contributed by atoms with Gasteiger partial charge in [0.05, 0.1) is 43.2 Å². The molecule has 4 aliphatic heterocycles. The molecule has 0 radical (unpaired) electrons. The van der Waals surface area contributed by atoms with Crippen LogP contribution in [0.2, 0.25) is 0 Å². The van der Waals surface area contributed by atoms with Crippen LogP contribution >= 0.6 is 0 Å². The molecule has 5 rings (SSSR count). The van der Waals surface area contributed by atoms with Crippen molar-refractivity contribution in [3.05, 3.63) is 59.3 Å². The minimum absolute atomic E-state index is 0.0354. The Morgan fingerprint density at radius 2 is 1.88 bits per heavy atom. The number of carbonyl (C=O) groups excluding carboxylic acids is 1. The quantitative estimate of drug-likeness (QED) is 0.141. The molecule has 3 fully saturated rings. The second-order valence-electron chi connectivity index (χ2n) is 18.0. The minimum atomic E-state index is -1.92. The topological polar surface area (TPSA) is 177 Å². The first-order valence-electron chi connectivity index (χ1n) is 21.3. The van der Waals surface area contributed by atoms with Crippen LogP contribution in [0.15, 0.2) is 59.3 Å². The van der Waals surface area contributed by atoms with Gasteiger partial charge in [0.25, 0.3) is 0 Å². The largest absolute Gasteiger partial charge is 0.481 e. The first-order valence-corrected chi connectivity index (χ1v) is 21.3. The third kappa shape index (κ3) is 9.21. The van der Waals surface area contributed by atoms with E-state index in [4.69, 9.17) is 28.5 Å². The Balaban J connectivity index is 1.46. The summed E-state index contributed by atoms with van der Waals surface area (Å²) in [6.07, 6.45) is 12.9. The average Bonchev–Trinajstić information content (AvgIpc) is 3.51. The highest BCUT2D eigenvalue weighted by Crippen LogP contribution is 2.46. The van der Waals surface area contributed by atoms with E-state index in [2.05, 4.69) is 65.8 Å². The minimum Gasteiger partial charge on any atom is -0.481 e. The number of ether oxygens (including phenoxy) is 5. The van der Waals surface area contributed by atoms with Crippen LogP contribution in [0.3, 0.4) is 0 Å². The number of hydrogen-bond acceptors (Lipinski definition) is 12.